The van der Waals surface area contributed by atoms with Crippen molar-refractivity contribution in [3.05, 3.63) is 0 Å². The summed E-state index contributed by atoms with van der Waals surface area (Å²) in [5.41, 5.74) is 0. The minimum Gasteiger partial charge on any atom is -0.396 e. The van der Waals surface area contributed by atoms with Crippen LogP contribution in [0.1, 0.15) is 45.4 Å². The van der Waals surface area contributed by atoms with Gasteiger partial charge in [0.2, 0.25) is 0 Å². The predicted molar refractivity (Wildman–Crippen MR) is 70.8 cm³/mol. The van der Waals surface area contributed by atoms with E-state index in [-0.39, 0.29) is 6.42 Å². The van der Waals surface area contributed by atoms with E-state index in [1.807, 2.05) is 0 Å². The van der Waals surface area contributed by atoms with Crippen LogP contribution in [0.15, 0.2) is 0 Å². The van der Waals surface area contributed by atoms with E-state index in [4.69, 9.17) is 10.2 Å². The van der Waals surface area contributed by atoms with E-state index in [1.165, 1.54) is 0 Å². The molecule has 0 fully saturated rings. The molecular weight excluding hydrogens is 352 g/mol. The normalized spacial score (nSPS) is 14.5. The molecule has 10 heteroatoms. The number of aliphatic hydroxyl groups is 2. The minimum absolute atomic E-state index is 0.0846. The van der Waals surface area contributed by atoms with Crippen molar-refractivity contribution in [1.82, 2.24) is 0 Å². The van der Waals surface area contributed by atoms with Crippen molar-refractivity contribution in [1.29, 1.82) is 0 Å². The summed E-state index contributed by atoms with van der Waals surface area (Å²) in [5, 5.41) is 17.2. The molecule has 0 aliphatic rings. The van der Waals surface area contributed by atoms with Gasteiger partial charge < -0.3 is 10.2 Å². The van der Waals surface area contributed by atoms with E-state index >= 15 is 0 Å². The number of hydrogen-bond acceptors (Lipinski definition) is 2. The zero-order valence-electron chi connectivity index (χ0n) is 13.2. The lowest BCUT2D eigenvalue weighted by atomic mass is 9.90. The van der Waals surface area contributed by atoms with Gasteiger partial charge in [-0.25, -0.2) is 0 Å². The van der Waals surface area contributed by atoms with E-state index < -0.39 is 62.1 Å². The SMILES string of the molecule is CCCCCCC(F)(F)C(F)(F)C(F)(F)C(F)(F)CC(CO)CO. The van der Waals surface area contributed by atoms with Crippen LogP contribution in [0.25, 0.3) is 0 Å². The third kappa shape index (κ3) is 4.93. The van der Waals surface area contributed by atoms with Gasteiger partial charge in [-0.3, -0.25) is 0 Å². The third-order valence-corrected chi connectivity index (χ3v) is 3.72. The van der Waals surface area contributed by atoms with Crippen LogP contribution >= 0.6 is 0 Å². The Hall–Kier alpha value is -0.640. The summed E-state index contributed by atoms with van der Waals surface area (Å²) >= 11 is 0. The quantitative estimate of drug-likeness (QED) is 0.390. The van der Waals surface area contributed by atoms with E-state index in [9.17, 15) is 35.1 Å². The van der Waals surface area contributed by atoms with E-state index in [0.29, 0.717) is 12.8 Å². The molecule has 2 nitrogen and oxygen atoms in total. The van der Waals surface area contributed by atoms with Crippen LogP contribution in [-0.4, -0.2) is 47.1 Å². The van der Waals surface area contributed by atoms with Gasteiger partial charge in [0.1, 0.15) is 0 Å². The highest BCUT2D eigenvalue weighted by atomic mass is 19.4. The van der Waals surface area contributed by atoms with Crippen LogP contribution in [0.3, 0.4) is 0 Å². The monoisotopic (exact) mass is 374 g/mol. The average molecular weight is 374 g/mol. The maximum atomic E-state index is 13.5. The van der Waals surface area contributed by atoms with Gasteiger partial charge in [0.25, 0.3) is 0 Å². The Balaban J connectivity index is 5.31. The lowest BCUT2D eigenvalue weighted by Crippen LogP contribution is -2.62. The first-order chi connectivity index (χ1) is 10.8. The first-order valence-corrected chi connectivity index (χ1v) is 7.53. The molecule has 0 aromatic heterocycles. The van der Waals surface area contributed by atoms with E-state index in [0.717, 1.165) is 0 Å². The molecule has 0 amide bonds. The van der Waals surface area contributed by atoms with Crippen molar-refractivity contribution in [3.8, 4) is 0 Å². The number of halogens is 8. The fourth-order valence-electron chi connectivity index (χ4n) is 2.07. The summed E-state index contributed by atoms with van der Waals surface area (Å²) in [6.45, 7) is -0.650. The number of alkyl halides is 8. The Kier molecular flexibility index (Phi) is 8.41. The van der Waals surface area contributed by atoms with Crippen LogP contribution < -0.4 is 0 Å². The van der Waals surface area contributed by atoms with Crippen molar-refractivity contribution >= 4 is 0 Å². The first-order valence-electron chi connectivity index (χ1n) is 7.53. The molecular formula is C14H22F8O2. The van der Waals surface area contributed by atoms with Crippen LogP contribution in [0.5, 0.6) is 0 Å². The smallest absolute Gasteiger partial charge is 0.378 e. The highest BCUT2D eigenvalue weighted by Crippen LogP contribution is 2.55. The lowest BCUT2D eigenvalue weighted by molar-refractivity contribution is -0.369. The summed E-state index contributed by atoms with van der Waals surface area (Å²) in [7, 11) is 0. The van der Waals surface area contributed by atoms with Gasteiger partial charge in [0, 0.05) is 32.0 Å². The molecule has 0 spiro atoms. The molecule has 0 aromatic carbocycles. The molecule has 2 N–H and O–H groups in total. The third-order valence-electron chi connectivity index (χ3n) is 3.72. The maximum absolute atomic E-state index is 13.5. The predicted octanol–water partition coefficient (Wildman–Crippen LogP) is 4.49. The molecule has 0 aliphatic heterocycles. The molecule has 0 heterocycles. The fourth-order valence-corrected chi connectivity index (χ4v) is 2.07. The summed E-state index contributed by atoms with van der Waals surface area (Å²) in [4.78, 5) is 0. The Bertz CT molecular complexity index is 370. The molecule has 0 rings (SSSR count). The topological polar surface area (TPSA) is 40.5 Å². The van der Waals surface area contributed by atoms with Crippen LogP contribution in [0.4, 0.5) is 35.1 Å². The number of rotatable bonds is 12. The summed E-state index contributed by atoms with van der Waals surface area (Å²) in [6.07, 6.45) is -3.11. The van der Waals surface area contributed by atoms with Crippen molar-refractivity contribution in [2.24, 2.45) is 5.92 Å². The molecule has 0 aromatic rings. The number of aliphatic hydroxyl groups excluding tert-OH is 2. The standard InChI is InChI=1S/C14H22F8O2/c1-2-3-4-5-6-11(15,16)13(19,20)14(21,22)12(17,18)7-10(8-23)9-24/h10,23-24H,2-9H2,1H3. The Labute approximate surface area is 134 Å². The second-order valence-electron chi connectivity index (χ2n) is 5.80. The molecule has 24 heavy (non-hydrogen) atoms. The summed E-state index contributed by atoms with van der Waals surface area (Å²) < 4.78 is 108. The van der Waals surface area contributed by atoms with Crippen molar-refractivity contribution in [2.45, 2.75) is 69.1 Å². The molecule has 0 bridgehead atoms. The van der Waals surface area contributed by atoms with Crippen LogP contribution in [-0.2, 0) is 0 Å². The van der Waals surface area contributed by atoms with Gasteiger partial charge >= 0.3 is 23.7 Å². The molecule has 0 saturated carbocycles. The van der Waals surface area contributed by atoms with E-state index in [1.54, 1.807) is 6.92 Å². The van der Waals surface area contributed by atoms with Crippen molar-refractivity contribution in [3.63, 3.8) is 0 Å². The van der Waals surface area contributed by atoms with Gasteiger partial charge in [0.15, 0.2) is 0 Å². The second-order valence-corrected chi connectivity index (χ2v) is 5.80. The largest absolute Gasteiger partial charge is 0.396 e. The van der Waals surface area contributed by atoms with Gasteiger partial charge in [0.05, 0.1) is 0 Å². The van der Waals surface area contributed by atoms with Gasteiger partial charge in [-0.2, -0.15) is 35.1 Å². The number of hydrogen-bond donors (Lipinski definition) is 2. The van der Waals surface area contributed by atoms with Crippen LogP contribution in [0.2, 0.25) is 0 Å². The van der Waals surface area contributed by atoms with Gasteiger partial charge in [-0.1, -0.05) is 26.2 Å². The minimum atomic E-state index is -6.34. The molecule has 0 saturated heterocycles. The van der Waals surface area contributed by atoms with Gasteiger partial charge in [-0.15, -0.1) is 0 Å². The highest BCUT2D eigenvalue weighted by Gasteiger charge is 2.79. The van der Waals surface area contributed by atoms with Crippen LogP contribution in [0, 0.1) is 5.92 Å². The molecule has 0 radical (unpaired) electrons. The second kappa shape index (κ2) is 8.64. The van der Waals surface area contributed by atoms with Crippen molar-refractivity contribution < 1.29 is 45.3 Å². The Morgan fingerprint density at radius 2 is 1.17 bits per heavy atom. The maximum Gasteiger partial charge on any atom is 0.378 e. The Morgan fingerprint density at radius 3 is 1.58 bits per heavy atom. The first kappa shape index (κ1) is 23.4. The van der Waals surface area contributed by atoms with Gasteiger partial charge in [-0.05, 0) is 6.42 Å². The zero-order valence-corrected chi connectivity index (χ0v) is 13.2. The Morgan fingerprint density at radius 1 is 0.708 bits per heavy atom. The fraction of sp³-hybridized carbons (Fsp3) is 1.00. The summed E-state index contributed by atoms with van der Waals surface area (Å²) in [6, 6.07) is 0. The molecule has 0 aliphatic carbocycles. The summed E-state index contributed by atoms with van der Waals surface area (Å²) in [5.74, 6) is -25.3. The van der Waals surface area contributed by atoms with E-state index in [2.05, 4.69) is 0 Å². The zero-order chi connectivity index (χ0) is 19.2. The van der Waals surface area contributed by atoms with Crippen molar-refractivity contribution in [2.75, 3.05) is 13.2 Å². The highest BCUT2D eigenvalue weighted by molar-refractivity contribution is 5.03. The molecule has 0 atom stereocenters. The number of unbranched alkanes of at least 4 members (excludes halogenated alkanes) is 3. The molecule has 0 unspecified atom stereocenters. The lowest BCUT2D eigenvalue weighted by Gasteiger charge is -2.37. The molecule has 146 valence electrons. The average Bonchev–Trinajstić information content (AvgIpc) is 2.48.